The van der Waals surface area contributed by atoms with Gasteiger partial charge in [-0.3, -0.25) is 4.90 Å². The van der Waals surface area contributed by atoms with Crippen LogP contribution in [0.2, 0.25) is 0 Å². The Bertz CT molecular complexity index is 766. The van der Waals surface area contributed by atoms with Crippen LogP contribution in [0, 0.1) is 5.82 Å². The van der Waals surface area contributed by atoms with Gasteiger partial charge in [0.1, 0.15) is 5.82 Å². The molecule has 1 aliphatic heterocycles. The average molecular weight is 413 g/mol. The Morgan fingerprint density at radius 3 is 2.21 bits per heavy atom. The van der Waals surface area contributed by atoms with Gasteiger partial charge in [-0.15, -0.1) is 0 Å². The van der Waals surface area contributed by atoms with Crippen LogP contribution in [-0.4, -0.2) is 48.0 Å². The van der Waals surface area contributed by atoms with Crippen molar-refractivity contribution < 1.29 is 32.2 Å². The Labute approximate surface area is 166 Å². The molecule has 158 valence electrons. The molecule has 1 N–H and O–H groups in total. The SMILES string of the molecule is CO[C@@H]1CCN(Cc2ccc(F)cc2)[C@H]1Cc1ccccc1.O=C(O)C(F)(F)F. The standard InChI is InChI=1S/C19H22FNO.C2HF3O2/c1-22-19-11-12-21(14-16-7-9-17(20)10-8-16)18(19)13-15-5-3-2-4-6-15;3-2(4,5)1(6)7/h2-10,18-19H,11-14H2,1H3;(H,6,7)/t18-,19+;/m0./s1. The number of rotatable bonds is 5. The van der Waals surface area contributed by atoms with Crippen LogP contribution in [0.3, 0.4) is 0 Å². The van der Waals surface area contributed by atoms with Crippen molar-refractivity contribution in [3.8, 4) is 0 Å². The van der Waals surface area contributed by atoms with Gasteiger partial charge in [0.15, 0.2) is 0 Å². The van der Waals surface area contributed by atoms with Crippen LogP contribution in [0.1, 0.15) is 17.5 Å². The van der Waals surface area contributed by atoms with Crippen LogP contribution < -0.4 is 0 Å². The predicted octanol–water partition coefficient (Wildman–Crippen LogP) is 4.29. The number of likely N-dealkylation sites (tertiary alicyclic amines) is 1. The van der Waals surface area contributed by atoms with Gasteiger partial charge in [-0.1, -0.05) is 42.5 Å². The number of hydrogen-bond acceptors (Lipinski definition) is 3. The number of carboxylic acid groups (broad SMARTS) is 1. The van der Waals surface area contributed by atoms with Crippen LogP contribution in [0.25, 0.3) is 0 Å². The van der Waals surface area contributed by atoms with E-state index < -0.39 is 12.1 Å². The number of ether oxygens (including phenoxy) is 1. The molecule has 2 aromatic rings. The molecule has 0 saturated carbocycles. The molecule has 1 saturated heterocycles. The minimum absolute atomic E-state index is 0.180. The third kappa shape index (κ3) is 7.14. The van der Waals surface area contributed by atoms with Gasteiger partial charge in [0.25, 0.3) is 0 Å². The number of carbonyl (C=O) groups is 1. The van der Waals surface area contributed by atoms with E-state index in [4.69, 9.17) is 14.6 Å². The van der Waals surface area contributed by atoms with Crippen molar-refractivity contribution in [1.82, 2.24) is 4.90 Å². The molecular formula is C21H23F4NO3. The number of benzene rings is 2. The number of alkyl halides is 3. The van der Waals surface area contributed by atoms with Gasteiger partial charge in [0, 0.05) is 26.2 Å². The van der Waals surface area contributed by atoms with Crippen molar-refractivity contribution >= 4 is 5.97 Å². The van der Waals surface area contributed by atoms with Crippen LogP contribution in [0.15, 0.2) is 54.6 Å². The quantitative estimate of drug-likeness (QED) is 0.743. The van der Waals surface area contributed by atoms with E-state index in [9.17, 15) is 17.6 Å². The van der Waals surface area contributed by atoms with Gasteiger partial charge in [-0.05, 0) is 36.1 Å². The molecule has 0 aromatic heterocycles. The molecule has 8 heteroatoms. The predicted molar refractivity (Wildman–Crippen MR) is 99.8 cm³/mol. The van der Waals surface area contributed by atoms with E-state index in [1.54, 1.807) is 7.11 Å². The molecule has 3 rings (SSSR count). The lowest BCUT2D eigenvalue weighted by Crippen LogP contribution is -2.37. The first-order valence-electron chi connectivity index (χ1n) is 9.06. The molecule has 0 spiro atoms. The normalized spacial score (nSPS) is 19.5. The summed E-state index contributed by atoms with van der Waals surface area (Å²) in [5, 5.41) is 7.12. The first-order chi connectivity index (χ1) is 13.7. The van der Waals surface area contributed by atoms with Gasteiger partial charge in [0.05, 0.1) is 6.10 Å². The second-order valence-corrected chi connectivity index (χ2v) is 6.72. The van der Waals surface area contributed by atoms with Gasteiger partial charge >= 0.3 is 12.1 Å². The zero-order valence-electron chi connectivity index (χ0n) is 15.9. The number of halogens is 4. The number of aliphatic carboxylic acids is 1. The van der Waals surface area contributed by atoms with E-state index in [0.717, 1.165) is 31.5 Å². The summed E-state index contributed by atoms with van der Waals surface area (Å²) in [5.41, 5.74) is 2.48. The Balaban J connectivity index is 0.000000370. The number of hydrogen-bond donors (Lipinski definition) is 1. The van der Waals surface area contributed by atoms with Crippen LogP contribution in [-0.2, 0) is 22.5 Å². The topological polar surface area (TPSA) is 49.8 Å². The van der Waals surface area contributed by atoms with Crippen LogP contribution in [0.5, 0.6) is 0 Å². The monoisotopic (exact) mass is 413 g/mol. The molecule has 0 bridgehead atoms. The lowest BCUT2D eigenvalue weighted by Gasteiger charge is -2.27. The summed E-state index contributed by atoms with van der Waals surface area (Å²) in [4.78, 5) is 11.3. The fourth-order valence-electron chi connectivity index (χ4n) is 3.30. The van der Waals surface area contributed by atoms with E-state index in [-0.39, 0.29) is 11.9 Å². The largest absolute Gasteiger partial charge is 0.490 e. The smallest absolute Gasteiger partial charge is 0.475 e. The summed E-state index contributed by atoms with van der Waals surface area (Å²) in [6.07, 6.45) is -2.78. The maximum atomic E-state index is 13.0. The molecular weight excluding hydrogens is 390 g/mol. The van der Waals surface area contributed by atoms with E-state index in [0.29, 0.717) is 6.04 Å². The van der Waals surface area contributed by atoms with Gasteiger partial charge < -0.3 is 9.84 Å². The fourth-order valence-corrected chi connectivity index (χ4v) is 3.30. The fraction of sp³-hybridized carbons (Fsp3) is 0.381. The summed E-state index contributed by atoms with van der Waals surface area (Å²) in [6, 6.07) is 17.7. The number of nitrogens with zero attached hydrogens (tertiary/aromatic N) is 1. The number of carboxylic acids is 1. The van der Waals surface area contributed by atoms with E-state index in [2.05, 4.69) is 29.2 Å². The summed E-state index contributed by atoms with van der Waals surface area (Å²) in [7, 11) is 1.80. The minimum Gasteiger partial charge on any atom is -0.475 e. The summed E-state index contributed by atoms with van der Waals surface area (Å²) >= 11 is 0. The Morgan fingerprint density at radius 1 is 1.10 bits per heavy atom. The lowest BCUT2D eigenvalue weighted by atomic mass is 10.0. The maximum absolute atomic E-state index is 13.0. The molecule has 1 fully saturated rings. The summed E-state index contributed by atoms with van der Waals surface area (Å²) < 4.78 is 50.5. The van der Waals surface area contributed by atoms with Crippen molar-refractivity contribution in [1.29, 1.82) is 0 Å². The maximum Gasteiger partial charge on any atom is 0.490 e. The molecule has 29 heavy (non-hydrogen) atoms. The number of methoxy groups -OCH3 is 1. The van der Waals surface area contributed by atoms with Crippen molar-refractivity contribution in [2.75, 3.05) is 13.7 Å². The molecule has 0 amide bonds. The zero-order valence-corrected chi connectivity index (χ0v) is 15.9. The molecule has 0 unspecified atom stereocenters. The molecule has 0 aliphatic carbocycles. The Morgan fingerprint density at radius 2 is 1.69 bits per heavy atom. The van der Waals surface area contributed by atoms with Crippen LogP contribution in [0.4, 0.5) is 17.6 Å². The van der Waals surface area contributed by atoms with Gasteiger partial charge in [-0.2, -0.15) is 13.2 Å². The van der Waals surface area contributed by atoms with Crippen molar-refractivity contribution in [2.24, 2.45) is 0 Å². The second kappa shape index (κ2) is 10.4. The van der Waals surface area contributed by atoms with Crippen LogP contribution >= 0.6 is 0 Å². The van der Waals surface area contributed by atoms with E-state index in [1.165, 1.54) is 17.7 Å². The van der Waals surface area contributed by atoms with Crippen molar-refractivity contribution in [3.63, 3.8) is 0 Å². The Kier molecular flexibility index (Phi) is 8.16. The highest BCUT2D eigenvalue weighted by Gasteiger charge is 2.38. The third-order valence-electron chi connectivity index (χ3n) is 4.73. The Hall–Kier alpha value is -2.45. The molecule has 4 nitrogen and oxygen atoms in total. The minimum atomic E-state index is -5.08. The average Bonchev–Trinajstić information content (AvgIpc) is 3.05. The van der Waals surface area contributed by atoms with Gasteiger partial charge in [-0.25, -0.2) is 9.18 Å². The van der Waals surface area contributed by atoms with Gasteiger partial charge in [0.2, 0.25) is 0 Å². The molecule has 1 aliphatic rings. The van der Waals surface area contributed by atoms with E-state index >= 15 is 0 Å². The molecule has 0 radical (unpaired) electrons. The highest BCUT2D eigenvalue weighted by Crippen LogP contribution is 2.26. The first-order valence-corrected chi connectivity index (χ1v) is 9.06. The summed E-state index contributed by atoms with van der Waals surface area (Å²) in [6.45, 7) is 1.87. The van der Waals surface area contributed by atoms with E-state index in [1.807, 2.05) is 18.2 Å². The summed E-state index contributed by atoms with van der Waals surface area (Å²) in [5.74, 6) is -2.94. The molecule has 1 heterocycles. The highest BCUT2D eigenvalue weighted by atomic mass is 19.4. The highest BCUT2D eigenvalue weighted by molar-refractivity contribution is 5.73. The second-order valence-electron chi connectivity index (χ2n) is 6.72. The first kappa shape index (κ1) is 22.8. The zero-order chi connectivity index (χ0) is 21.4. The van der Waals surface area contributed by atoms with Crippen molar-refractivity contribution in [3.05, 3.63) is 71.5 Å². The third-order valence-corrected chi connectivity index (χ3v) is 4.73. The van der Waals surface area contributed by atoms with Crippen molar-refractivity contribution in [2.45, 2.75) is 37.7 Å². The lowest BCUT2D eigenvalue weighted by molar-refractivity contribution is -0.192. The molecule has 2 atom stereocenters. The molecule has 2 aromatic carbocycles.